The molecule has 2 unspecified atom stereocenters. The zero-order valence-electron chi connectivity index (χ0n) is 9.00. The zero-order valence-corrected chi connectivity index (χ0v) is 9.00. The lowest BCUT2D eigenvalue weighted by Gasteiger charge is -2.49. The van der Waals surface area contributed by atoms with E-state index in [9.17, 15) is 0 Å². The molecule has 0 aromatic heterocycles. The SMILES string of the molecule is CCCN1C2CCCC1CN(C)C2. The molecule has 0 aliphatic carbocycles. The molecule has 76 valence electrons. The van der Waals surface area contributed by atoms with E-state index in [-0.39, 0.29) is 0 Å². The van der Waals surface area contributed by atoms with E-state index < -0.39 is 0 Å². The number of likely N-dealkylation sites (tertiary alicyclic amines) is 1. The summed E-state index contributed by atoms with van der Waals surface area (Å²) in [5, 5.41) is 0. The minimum atomic E-state index is 0.873. The molecule has 0 radical (unpaired) electrons. The fourth-order valence-corrected chi connectivity index (χ4v) is 3.03. The monoisotopic (exact) mass is 182 g/mol. The van der Waals surface area contributed by atoms with Gasteiger partial charge in [-0.25, -0.2) is 0 Å². The predicted octanol–water partition coefficient (Wildman–Crippen LogP) is 1.56. The van der Waals surface area contributed by atoms with Crippen LogP contribution in [-0.4, -0.2) is 48.6 Å². The Morgan fingerprint density at radius 2 is 1.77 bits per heavy atom. The highest BCUT2D eigenvalue weighted by Crippen LogP contribution is 2.27. The number of rotatable bonds is 2. The van der Waals surface area contributed by atoms with Gasteiger partial charge in [0.05, 0.1) is 0 Å². The molecule has 2 rings (SSSR count). The molecule has 2 aliphatic rings. The third kappa shape index (κ3) is 1.89. The Kier molecular flexibility index (Phi) is 2.89. The van der Waals surface area contributed by atoms with Crippen LogP contribution in [0, 0.1) is 0 Å². The fraction of sp³-hybridized carbons (Fsp3) is 1.00. The van der Waals surface area contributed by atoms with E-state index in [1.54, 1.807) is 0 Å². The average molecular weight is 182 g/mol. The van der Waals surface area contributed by atoms with Gasteiger partial charge in [-0.05, 0) is 32.9 Å². The molecule has 2 nitrogen and oxygen atoms in total. The van der Waals surface area contributed by atoms with Crippen LogP contribution in [0.4, 0.5) is 0 Å². The van der Waals surface area contributed by atoms with Crippen molar-refractivity contribution in [3.05, 3.63) is 0 Å². The molecule has 0 saturated carbocycles. The number of likely N-dealkylation sites (N-methyl/N-ethyl adjacent to an activating group) is 1. The standard InChI is InChI=1S/C11H22N2/c1-3-7-13-10-5-4-6-11(13)9-12(2)8-10/h10-11H,3-9H2,1-2H3. The van der Waals surface area contributed by atoms with Crippen molar-refractivity contribution in [1.82, 2.24) is 9.80 Å². The summed E-state index contributed by atoms with van der Waals surface area (Å²) >= 11 is 0. The molecule has 0 aromatic rings. The maximum Gasteiger partial charge on any atom is 0.0226 e. The number of fused-ring (bicyclic) bond motifs is 2. The van der Waals surface area contributed by atoms with Crippen LogP contribution in [0.15, 0.2) is 0 Å². The summed E-state index contributed by atoms with van der Waals surface area (Å²) in [7, 11) is 2.27. The number of nitrogens with zero attached hydrogens (tertiary/aromatic N) is 2. The van der Waals surface area contributed by atoms with Gasteiger partial charge in [0, 0.05) is 25.2 Å². The van der Waals surface area contributed by atoms with Gasteiger partial charge < -0.3 is 4.90 Å². The Morgan fingerprint density at radius 3 is 2.31 bits per heavy atom. The summed E-state index contributed by atoms with van der Waals surface area (Å²) < 4.78 is 0. The van der Waals surface area contributed by atoms with E-state index >= 15 is 0 Å². The average Bonchev–Trinajstić information content (AvgIpc) is 2.07. The molecule has 0 spiro atoms. The van der Waals surface area contributed by atoms with E-state index in [0.717, 1.165) is 12.1 Å². The van der Waals surface area contributed by atoms with Crippen molar-refractivity contribution in [1.29, 1.82) is 0 Å². The highest BCUT2D eigenvalue weighted by Gasteiger charge is 2.34. The topological polar surface area (TPSA) is 6.48 Å². The predicted molar refractivity (Wildman–Crippen MR) is 55.9 cm³/mol. The summed E-state index contributed by atoms with van der Waals surface area (Å²) in [6.07, 6.45) is 5.64. The Bertz CT molecular complexity index is 155. The van der Waals surface area contributed by atoms with E-state index in [0.29, 0.717) is 0 Å². The van der Waals surface area contributed by atoms with Gasteiger partial charge in [-0.1, -0.05) is 13.3 Å². The molecule has 2 heteroatoms. The second-order valence-corrected chi connectivity index (χ2v) is 4.70. The van der Waals surface area contributed by atoms with Crippen LogP contribution < -0.4 is 0 Å². The highest BCUT2D eigenvalue weighted by molar-refractivity contribution is 4.91. The molecule has 0 N–H and O–H groups in total. The number of hydrogen-bond donors (Lipinski definition) is 0. The number of piperazine rings is 1. The molecule has 13 heavy (non-hydrogen) atoms. The van der Waals surface area contributed by atoms with Gasteiger partial charge in [-0.3, -0.25) is 4.90 Å². The van der Waals surface area contributed by atoms with Gasteiger partial charge in [-0.2, -0.15) is 0 Å². The molecule has 2 saturated heterocycles. The fourth-order valence-electron chi connectivity index (χ4n) is 3.03. The molecule has 2 heterocycles. The van der Waals surface area contributed by atoms with Gasteiger partial charge >= 0.3 is 0 Å². The van der Waals surface area contributed by atoms with Gasteiger partial charge in [-0.15, -0.1) is 0 Å². The van der Waals surface area contributed by atoms with Crippen molar-refractivity contribution in [3.8, 4) is 0 Å². The van der Waals surface area contributed by atoms with Crippen LogP contribution in [0.25, 0.3) is 0 Å². The molecule has 2 aliphatic heterocycles. The quantitative estimate of drug-likeness (QED) is 0.639. The Morgan fingerprint density at radius 1 is 1.15 bits per heavy atom. The van der Waals surface area contributed by atoms with Crippen LogP contribution in [0.2, 0.25) is 0 Å². The van der Waals surface area contributed by atoms with Crippen molar-refractivity contribution in [2.45, 2.75) is 44.7 Å². The molecule has 0 aromatic carbocycles. The minimum absolute atomic E-state index is 0.873. The summed E-state index contributed by atoms with van der Waals surface area (Å²) in [4.78, 5) is 5.28. The van der Waals surface area contributed by atoms with Crippen molar-refractivity contribution in [2.24, 2.45) is 0 Å². The lowest BCUT2D eigenvalue weighted by atomic mass is 9.91. The van der Waals surface area contributed by atoms with Crippen LogP contribution in [0.5, 0.6) is 0 Å². The first kappa shape index (κ1) is 9.47. The maximum absolute atomic E-state index is 2.77. The van der Waals surface area contributed by atoms with Crippen molar-refractivity contribution in [2.75, 3.05) is 26.7 Å². The largest absolute Gasteiger partial charge is 0.303 e. The van der Waals surface area contributed by atoms with Gasteiger partial charge in [0.15, 0.2) is 0 Å². The van der Waals surface area contributed by atoms with Gasteiger partial charge in [0.1, 0.15) is 0 Å². The molecular formula is C11H22N2. The van der Waals surface area contributed by atoms with Gasteiger partial charge in [0.2, 0.25) is 0 Å². The van der Waals surface area contributed by atoms with Crippen molar-refractivity contribution >= 4 is 0 Å². The Hall–Kier alpha value is -0.0800. The normalized spacial score (nSPS) is 36.5. The molecule has 0 amide bonds. The summed E-state index contributed by atoms with van der Waals surface area (Å²) in [5.74, 6) is 0. The van der Waals surface area contributed by atoms with Crippen LogP contribution in [-0.2, 0) is 0 Å². The van der Waals surface area contributed by atoms with E-state index in [1.165, 1.54) is 45.3 Å². The second-order valence-electron chi connectivity index (χ2n) is 4.70. The second kappa shape index (κ2) is 3.97. The first-order valence-electron chi connectivity index (χ1n) is 5.75. The molecular weight excluding hydrogens is 160 g/mol. The lowest BCUT2D eigenvalue weighted by molar-refractivity contribution is 0.00140. The van der Waals surface area contributed by atoms with Crippen LogP contribution in [0.3, 0.4) is 0 Å². The molecule has 2 atom stereocenters. The highest BCUT2D eigenvalue weighted by atomic mass is 15.3. The third-order valence-corrected chi connectivity index (χ3v) is 3.54. The lowest BCUT2D eigenvalue weighted by Crippen LogP contribution is -2.59. The van der Waals surface area contributed by atoms with Crippen molar-refractivity contribution < 1.29 is 0 Å². The molecule has 2 bridgehead atoms. The first-order valence-corrected chi connectivity index (χ1v) is 5.75. The summed E-state index contributed by atoms with van der Waals surface area (Å²) in [5.41, 5.74) is 0. The summed E-state index contributed by atoms with van der Waals surface area (Å²) in [6, 6.07) is 1.75. The third-order valence-electron chi connectivity index (χ3n) is 3.54. The summed E-state index contributed by atoms with van der Waals surface area (Å²) in [6.45, 7) is 6.23. The van der Waals surface area contributed by atoms with E-state index in [2.05, 4.69) is 23.8 Å². The van der Waals surface area contributed by atoms with E-state index in [4.69, 9.17) is 0 Å². The molecule has 2 fully saturated rings. The van der Waals surface area contributed by atoms with Crippen LogP contribution >= 0.6 is 0 Å². The van der Waals surface area contributed by atoms with Gasteiger partial charge in [0.25, 0.3) is 0 Å². The van der Waals surface area contributed by atoms with Crippen LogP contribution in [0.1, 0.15) is 32.6 Å². The smallest absolute Gasteiger partial charge is 0.0226 e. The minimum Gasteiger partial charge on any atom is -0.303 e. The van der Waals surface area contributed by atoms with E-state index in [1.807, 2.05) is 0 Å². The maximum atomic E-state index is 2.77. The first-order chi connectivity index (χ1) is 6.31. The van der Waals surface area contributed by atoms with Crippen molar-refractivity contribution in [3.63, 3.8) is 0 Å². The Balaban J connectivity index is 2.01. The Labute approximate surface area is 81.9 Å². The zero-order chi connectivity index (χ0) is 9.26. The number of hydrogen-bond acceptors (Lipinski definition) is 2. The number of piperidine rings is 1.